The molecule has 10 heteroatoms. The van der Waals surface area contributed by atoms with E-state index in [1.807, 2.05) is 19.1 Å². The Bertz CT molecular complexity index is 1170. The maximum absolute atomic E-state index is 13.8. The van der Waals surface area contributed by atoms with E-state index in [1.54, 1.807) is 37.3 Å². The molecule has 2 aromatic carbocycles. The first-order valence-corrected chi connectivity index (χ1v) is 14.9. The van der Waals surface area contributed by atoms with Gasteiger partial charge in [0, 0.05) is 28.7 Å². The number of sulfonamides is 1. The van der Waals surface area contributed by atoms with Crippen LogP contribution in [0.1, 0.15) is 58.6 Å². The molecule has 0 heterocycles. The number of nitrogens with zero attached hydrogens (tertiary/aromatic N) is 2. The van der Waals surface area contributed by atoms with Gasteiger partial charge < -0.3 is 10.2 Å². The third-order valence-electron chi connectivity index (χ3n) is 6.03. The molecule has 0 saturated heterocycles. The number of amides is 2. The van der Waals surface area contributed by atoms with Crippen LogP contribution in [0.15, 0.2) is 42.5 Å². The van der Waals surface area contributed by atoms with Crippen LogP contribution in [-0.4, -0.2) is 50.5 Å². The lowest BCUT2D eigenvalue weighted by Crippen LogP contribution is -2.52. The summed E-state index contributed by atoms with van der Waals surface area (Å²) in [5, 5.41) is 3.55. The van der Waals surface area contributed by atoms with Crippen LogP contribution in [0, 0.1) is 0 Å². The molecule has 0 fully saturated rings. The van der Waals surface area contributed by atoms with Gasteiger partial charge in [0.05, 0.1) is 11.9 Å². The van der Waals surface area contributed by atoms with Gasteiger partial charge >= 0.3 is 0 Å². The molecule has 0 radical (unpaired) electrons. The van der Waals surface area contributed by atoms with E-state index in [0.717, 1.165) is 22.5 Å². The molecule has 2 rings (SSSR count). The molecule has 2 aromatic rings. The molecule has 7 nitrogen and oxygen atoms in total. The van der Waals surface area contributed by atoms with Gasteiger partial charge in [-0.3, -0.25) is 13.9 Å². The largest absolute Gasteiger partial charge is 0.354 e. The summed E-state index contributed by atoms with van der Waals surface area (Å²) in [4.78, 5) is 28.1. The van der Waals surface area contributed by atoms with Gasteiger partial charge in [-0.1, -0.05) is 76.0 Å². The van der Waals surface area contributed by atoms with E-state index >= 15 is 0 Å². The molecule has 0 spiro atoms. The number of hydrogen-bond donors (Lipinski definition) is 1. The standard InChI is InChI=1S/C27H37Cl2N3O4S/c1-7-16-30-26(34)24(8-2)31(17-21-22(28)10-9-11-23(21)29)25(33)18-32(37(6,35)36)20-14-12-19(13-15-20)27(3,4)5/h9-15,24H,7-8,16-18H2,1-6H3,(H,30,34). The Labute approximate surface area is 231 Å². The van der Waals surface area contributed by atoms with Gasteiger partial charge in [-0.25, -0.2) is 8.42 Å². The quantitative estimate of drug-likeness (QED) is 0.393. The normalized spacial score (nSPS) is 12.6. The highest BCUT2D eigenvalue weighted by Crippen LogP contribution is 2.29. The third kappa shape index (κ3) is 8.35. The lowest BCUT2D eigenvalue weighted by atomic mass is 9.87. The van der Waals surface area contributed by atoms with E-state index in [4.69, 9.17) is 23.2 Å². The number of hydrogen-bond acceptors (Lipinski definition) is 4. The van der Waals surface area contributed by atoms with Crippen molar-refractivity contribution in [1.82, 2.24) is 10.2 Å². The van der Waals surface area contributed by atoms with Crippen LogP contribution in [0.5, 0.6) is 0 Å². The zero-order valence-electron chi connectivity index (χ0n) is 22.3. The van der Waals surface area contributed by atoms with Crippen LogP contribution in [0.4, 0.5) is 5.69 Å². The minimum Gasteiger partial charge on any atom is -0.354 e. The summed E-state index contributed by atoms with van der Waals surface area (Å²) in [6.45, 7) is 9.85. The molecule has 204 valence electrons. The summed E-state index contributed by atoms with van der Waals surface area (Å²) in [5.41, 5.74) is 1.77. The summed E-state index contributed by atoms with van der Waals surface area (Å²) >= 11 is 12.8. The summed E-state index contributed by atoms with van der Waals surface area (Å²) in [6, 6.07) is 11.3. The first kappa shape index (κ1) is 30.9. The van der Waals surface area contributed by atoms with Crippen LogP contribution < -0.4 is 9.62 Å². The number of carbonyl (C=O) groups is 2. The molecule has 1 N–H and O–H groups in total. The fourth-order valence-corrected chi connectivity index (χ4v) is 5.25. The lowest BCUT2D eigenvalue weighted by molar-refractivity contribution is -0.140. The highest BCUT2D eigenvalue weighted by atomic mass is 35.5. The number of nitrogens with one attached hydrogen (secondary N) is 1. The van der Waals surface area contributed by atoms with Gasteiger partial charge in [0.1, 0.15) is 12.6 Å². The number of rotatable bonds is 11. The van der Waals surface area contributed by atoms with Gasteiger partial charge in [0.25, 0.3) is 0 Å². The van der Waals surface area contributed by atoms with Gasteiger partial charge in [0.2, 0.25) is 21.8 Å². The third-order valence-corrected chi connectivity index (χ3v) is 7.87. The Morgan fingerprint density at radius 2 is 1.57 bits per heavy atom. The van der Waals surface area contributed by atoms with Crippen molar-refractivity contribution in [2.45, 2.75) is 65.5 Å². The Morgan fingerprint density at radius 1 is 1.00 bits per heavy atom. The molecule has 0 aliphatic rings. The first-order chi connectivity index (χ1) is 17.2. The van der Waals surface area contributed by atoms with Crippen molar-refractivity contribution in [3.05, 3.63) is 63.6 Å². The molecule has 0 aliphatic heterocycles. The smallest absolute Gasteiger partial charge is 0.244 e. The Morgan fingerprint density at radius 3 is 2.03 bits per heavy atom. The van der Waals surface area contributed by atoms with Crippen LogP contribution in [0.3, 0.4) is 0 Å². The van der Waals surface area contributed by atoms with Gasteiger partial charge in [-0.15, -0.1) is 0 Å². The summed E-state index contributed by atoms with van der Waals surface area (Å²) in [6.07, 6.45) is 2.11. The molecule has 2 amide bonds. The molecule has 0 aliphatic carbocycles. The number of halogens is 2. The molecular formula is C27H37Cl2N3O4S. The van der Waals surface area contributed by atoms with Gasteiger partial charge in [-0.05, 0) is 48.1 Å². The zero-order chi connectivity index (χ0) is 28.0. The molecule has 0 bridgehead atoms. The SMILES string of the molecule is CCCNC(=O)C(CC)N(Cc1c(Cl)cccc1Cl)C(=O)CN(c1ccc(C(C)(C)C)cc1)S(C)(=O)=O. The van der Waals surface area contributed by atoms with E-state index in [0.29, 0.717) is 34.3 Å². The second kappa shape index (κ2) is 13.0. The topological polar surface area (TPSA) is 86.8 Å². The van der Waals surface area contributed by atoms with Crippen molar-refractivity contribution in [3.63, 3.8) is 0 Å². The number of anilines is 1. The van der Waals surface area contributed by atoms with Crippen LogP contribution in [0.2, 0.25) is 10.0 Å². The van der Waals surface area contributed by atoms with Crippen LogP contribution in [-0.2, 0) is 31.6 Å². The first-order valence-electron chi connectivity index (χ1n) is 12.3. The molecule has 1 unspecified atom stereocenters. The van der Waals surface area contributed by atoms with Crippen molar-refractivity contribution < 1.29 is 18.0 Å². The summed E-state index contributed by atoms with van der Waals surface area (Å²) in [7, 11) is -3.82. The molecule has 37 heavy (non-hydrogen) atoms. The molecule has 0 saturated carbocycles. The van der Waals surface area contributed by atoms with Crippen molar-refractivity contribution in [2.75, 3.05) is 23.7 Å². The van der Waals surface area contributed by atoms with Gasteiger partial charge in [-0.2, -0.15) is 0 Å². The van der Waals surface area contributed by atoms with Crippen molar-refractivity contribution >= 4 is 50.7 Å². The molecule has 0 aromatic heterocycles. The fraction of sp³-hybridized carbons (Fsp3) is 0.481. The van der Waals surface area contributed by atoms with E-state index in [-0.39, 0.29) is 17.9 Å². The zero-order valence-corrected chi connectivity index (χ0v) is 24.7. The number of benzene rings is 2. The Kier molecular flexibility index (Phi) is 10.9. The Hall–Kier alpha value is -2.29. The minimum absolute atomic E-state index is 0.0457. The van der Waals surface area contributed by atoms with Crippen LogP contribution >= 0.6 is 23.2 Å². The van der Waals surface area contributed by atoms with E-state index in [9.17, 15) is 18.0 Å². The number of carbonyl (C=O) groups excluding carboxylic acids is 2. The fourth-order valence-electron chi connectivity index (χ4n) is 3.88. The van der Waals surface area contributed by atoms with Crippen molar-refractivity contribution in [1.29, 1.82) is 0 Å². The van der Waals surface area contributed by atoms with Crippen molar-refractivity contribution in [3.8, 4) is 0 Å². The predicted octanol–water partition coefficient (Wildman–Crippen LogP) is 5.39. The molecular weight excluding hydrogens is 533 g/mol. The van der Waals surface area contributed by atoms with E-state index in [2.05, 4.69) is 26.1 Å². The lowest BCUT2D eigenvalue weighted by Gasteiger charge is -2.33. The maximum Gasteiger partial charge on any atom is 0.244 e. The molecule has 1 atom stereocenters. The van der Waals surface area contributed by atoms with Gasteiger partial charge in [0.15, 0.2) is 0 Å². The monoisotopic (exact) mass is 569 g/mol. The van der Waals surface area contributed by atoms with E-state index in [1.165, 1.54) is 4.90 Å². The van der Waals surface area contributed by atoms with E-state index < -0.39 is 28.5 Å². The summed E-state index contributed by atoms with van der Waals surface area (Å²) in [5.74, 6) is -0.860. The highest BCUT2D eigenvalue weighted by molar-refractivity contribution is 7.92. The maximum atomic E-state index is 13.8. The highest BCUT2D eigenvalue weighted by Gasteiger charge is 2.32. The predicted molar refractivity (Wildman–Crippen MR) is 152 cm³/mol. The Balaban J connectivity index is 2.49. The summed E-state index contributed by atoms with van der Waals surface area (Å²) < 4.78 is 26.6. The average molecular weight is 571 g/mol. The second-order valence-electron chi connectivity index (χ2n) is 10.0. The average Bonchev–Trinajstić information content (AvgIpc) is 2.81. The second-order valence-corrected chi connectivity index (χ2v) is 12.7. The minimum atomic E-state index is -3.82. The van der Waals surface area contributed by atoms with Crippen molar-refractivity contribution in [2.24, 2.45) is 0 Å². The van der Waals surface area contributed by atoms with Crippen LogP contribution in [0.25, 0.3) is 0 Å².